The Bertz CT molecular complexity index is 275. The number of hydrogen-bond donors (Lipinski definition) is 0. The zero-order valence-corrected chi connectivity index (χ0v) is 10.1. The Kier molecular flexibility index (Phi) is 3.30. The quantitative estimate of drug-likeness (QED) is 0.671. The molecule has 0 saturated carbocycles. The SMILES string of the molecule is COC1CC=C2C=CCC[C@@H]2C1C(C)C. The lowest BCUT2D eigenvalue weighted by Crippen LogP contribution is -2.37. The Balaban J connectivity index is 2.25. The van der Waals surface area contributed by atoms with Crippen molar-refractivity contribution in [2.24, 2.45) is 17.8 Å². The van der Waals surface area contributed by atoms with Gasteiger partial charge in [0.1, 0.15) is 0 Å². The molecule has 0 heterocycles. The molecule has 0 radical (unpaired) electrons. The summed E-state index contributed by atoms with van der Waals surface area (Å²) in [5, 5.41) is 0. The van der Waals surface area contributed by atoms with E-state index < -0.39 is 0 Å². The van der Waals surface area contributed by atoms with Crippen LogP contribution in [0, 0.1) is 17.8 Å². The lowest BCUT2D eigenvalue weighted by molar-refractivity contribution is 0.00638. The first kappa shape index (κ1) is 10.9. The van der Waals surface area contributed by atoms with Crippen molar-refractivity contribution in [1.29, 1.82) is 0 Å². The highest BCUT2D eigenvalue weighted by molar-refractivity contribution is 5.28. The molecule has 0 aromatic heterocycles. The summed E-state index contributed by atoms with van der Waals surface area (Å²) in [4.78, 5) is 0. The average molecular weight is 206 g/mol. The standard InChI is InChI=1S/C14H22O/c1-10(2)14-12-7-5-4-6-11(12)8-9-13(14)15-3/h4,6,8,10,12-14H,5,7,9H2,1-3H3/t12-,13?,14?/m0/s1. The fourth-order valence-electron chi connectivity index (χ4n) is 3.24. The van der Waals surface area contributed by atoms with Gasteiger partial charge in [-0.15, -0.1) is 0 Å². The van der Waals surface area contributed by atoms with Gasteiger partial charge < -0.3 is 4.74 Å². The third-order valence-electron chi connectivity index (χ3n) is 3.94. The molecule has 0 aromatic carbocycles. The van der Waals surface area contributed by atoms with Crippen LogP contribution in [0.2, 0.25) is 0 Å². The van der Waals surface area contributed by atoms with Gasteiger partial charge in [0.25, 0.3) is 0 Å². The Hall–Kier alpha value is -0.560. The van der Waals surface area contributed by atoms with Crippen LogP contribution in [-0.2, 0) is 4.74 Å². The molecule has 1 heteroatoms. The molecule has 0 fully saturated rings. The molecule has 15 heavy (non-hydrogen) atoms. The monoisotopic (exact) mass is 206 g/mol. The highest BCUT2D eigenvalue weighted by Gasteiger charge is 2.36. The molecule has 2 rings (SSSR count). The smallest absolute Gasteiger partial charge is 0.0642 e. The number of hydrogen-bond acceptors (Lipinski definition) is 1. The highest BCUT2D eigenvalue weighted by Crippen LogP contribution is 2.41. The first-order chi connectivity index (χ1) is 7.24. The van der Waals surface area contributed by atoms with Crippen LogP contribution in [0.4, 0.5) is 0 Å². The van der Waals surface area contributed by atoms with Gasteiger partial charge >= 0.3 is 0 Å². The first-order valence-corrected chi connectivity index (χ1v) is 6.13. The largest absolute Gasteiger partial charge is 0.381 e. The highest BCUT2D eigenvalue weighted by atomic mass is 16.5. The van der Waals surface area contributed by atoms with Crippen LogP contribution in [0.1, 0.15) is 33.1 Å². The second kappa shape index (κ2) is 4.52. The molecular formula is C14H22O. The minimum atomic E-state index is 0.435. The van der Waals surface area contributed by atoms with E-state index in [9.17, 15) is 0 Å². The van der Waals surface area contributed by atoms with Crippen molar-refractivity contribution in [3.05, 3.63) is 23.8 Å². The Labute approximate surface area is 93.2 Å². The lowest BCUT2D eigenvalue weighted by Gasteiger charge is -2.40. The second-order valence-electron chi connectivity index (χ2n) is 5.12. The van der Waals surface area contributed by atoms with Gasteiger partial charge in [-0.05, 0) is 42.6 Å². The number of rotatable bonds is 2. The molecule has 0 spiro atoms. The summed E-state index contributed by atoms with van der Waals surface area (Å²) in [6.07, 6.45) is 11.1. The summed E-state index contributed by atoms with van der Waals surface area (Å²) in [5.74, 6) is 2.17. The summed E-state index contributed by atoms with van der Waals surface area (Å²) < 4.78 is 5.65. The van der Waals surface area contributed by atoms with E-state index in [0.29, 0.717) is 12.0 Å². The van der Waals surface area contributed by atoms with Gasteiger partial charge in [0.15, 0.2) is 0 Å². The van der Waals surface area contributed by atoms with E-state index in [4.69, 9.17) is 4.74 Å². The van der Waals surface area contributed by atoms with E-state index in [1.807, 2.05) is 7.11 Å². The third-order valence-corrected chi connectivity index (χ3v) is 3.94. The fourth-order valence-corrected chi connectivity index (χ4v) is 3.24. The van der Waals surface area contributed by atoms with Crippen LogP contribution in [0.25, 0.3) is 0 Å². The Morgan fingerprint density at radius 1 is 1.40 bits per heavy atom. The number of fused-ring (bicyclic) bond motifs is 1. The van der Waals surface area contributed by atoms with Crippen molar-refractivity contribution in [2.75, 3.05) is 7.11 Å². The van der Waals surface area contributed by atoms with Gasteiger partial charge in [-0.2, -0.15) is 0 Å². The van der Waals surface area contributed by atoms with E-state index >= 15 is 0 Å². The van der Waals surface area contributed by atoms with Crippen molar-refractivity contribution in [3.8, 4) is 0 Å². The number of ether oxygens (including phenoxy) is 1. The first-order valence-electron chi connectivity index (χ1n) is 6.13. The lowest BCUT2D eigenvalue weighted by atomic mass is 9.68. The van der Waals surface area contributed by atoms with Crippen LogP contribution in [0.3, 0.4) is 0 Å². The van der Waals surface area contributed by atoms with Gasteiger partial charge in [0, 0.05) is 7.11 Å². The van der Waals surface area contributed by atoms with Crippen molar-refractivity contribution < 1.29 is 4.74 Å². The molecule has 0 N–H and O–H groups in total. The van der Waals surface area contributed by atoms with Gasteiger partial charge in [-0.1, -0.05) is 32.1 Å². The zero-order valence-electron chi connectivity index (χ0n) is 10.1. The number of allylic oxidation sites excluding steroid dienone is 3. The van der Waals surface area contributed by atoms with Crippen LogP contribution in [-0.4, -0.2) is 13.2 Å². The molecule has 0 aromatic rings. The molecule has 2 aliphatic carbocycles. The summed E-state index contributed by atoms with van der Waals surface area (Å²) in [6.45, 7) is 4.66. The minimum Gasteiger partial charge on any atom is -0.381 e. The van der Waals surface area contributed by atoms with Crippen LogP contribution in [0.15, 0.2) is 23.8 Å². The molecule has 2 aliphatic rings. The maximum atomic E-state index is 5.65. The van der Waals surface area contributed by atoms with Crippen LogP contribution in [0.5, 0.6) is 0 Å². The molecular weight excluding hydrogens is 184 g/mol. The molecule has 84 valence electrons. The van der Waals surface area contributed by atoms with Gasteiger partial charge in [-0.25, -0.2) is 0 Å². The zero-order chi connectivity index (χ0) is 10.8. The van der Waals surface area contributed by atoms with Crippen molar-refractivity contribution in [2.45, 2.75) is 39.2 Å². The van der Waals surface area contributed by atoms with Crippen molar-refractivity contribution in [1.82, 2.24) is 0 Å². The van der Waals surface area contributed by atoms with Crippen molar-refractivity contribution in [3.63, 3.8) is 0 Å². The average Bonchev–Trinajstić information content (AvgIpc) is 2.27. The summed E-state index contributed by atoms with van der Waals surface area (Å²) in [6, 6.07) is 0. The van der Waals surface area contributed by atoms with E-state index in [1.54, 1.807) is 5.57 Å². The maximum absolute atomic E-state index is 5.65. The third kappa shape index (κ3) is 2.03. The fraction of sp³-hybridized carbons (Fsp3) is 0.714. The molecule has 0 bridgehead atoms. The summed E-state index contributed by atoms with van der Waals surface area (Å²) >= 11 is 0. The Morgan fingerprint density at radius 2 is 2.20 bits per heavy atom. The molecule has 1 nitrogen and oxygen atoms in total. The predicted octanol–water partition coefficient (Wildman–Crippen LogP) is 3.57. The van der Waals surface area contributed by atoms with Gasteiger partial charge in [0.05, 0.1) is 6.10 Å². The molecule has 0 saturated heterocycles. The maximum Gasteiger partial charge on any atom is 0.0642 e. The molecule has 0 amide bonds. The van der Waals surface area contributed by atoms with Gasteiger partial charge in [0.2, 0.25) is 0 Å². The molecule has 0 aliphatic heterocycles. The minimum absolute atomic E-state index is 0.435. The normalized spacial score (nSPS) is 35.2. The number of methoxy groups -OCH3 is 1. The van der Waals surface area contributed by atoms with Gasteiger partial charge in [-0.3, -0.25) is 0 Å². The summed E-state index contributed by atoms with van der Waals surface area (Å²) in [7, 11) is 1.86. The van der Waals surface area contributed by atoms with Crippen LogP contribution < -0.4 is 0 Å². The van der Waals surface area contributed by atoms with E-state index in [1.165, 1.54) is 12.8 Å². The molecule has 3 atom stereocenters. The predicted molar refractivity (Wildman–Crippen MR) is 63.7 cm³/mol. The topological polar surface area (TPSA) is 9.23 Å². The van der Waals surface area contributed by atoms with E-state index in [-0.39, 0.29) is 0 Å². The van der Waals surface area contributed by atoms with E-state index in [0.717, 1.165) is 18.3 Å². The van der Waals surface area contributed by atoms with E-state index in [2.05, 4.69) is 32.1 Å². The second-order valence-corrected chi connectivity index (χ2v) is 5.12. The summed E-state index contributed by atoms with van der Waals surface area (Å²) in [5.41, 5.74) is 1.56. The van der Waals surface area contributed by atoms with Crippen molar-refractivity contribution >= 4 is 0 Å². The molecule has 2 unspecified atom stereocenters. The van der Waals surface area contributed by atoms with Crippen LogP contribution >= 0.6 is 0 Å². The Morgan fingerprint density at radius 3 is 2.87 bits per heavy atom.